The molecule has 0 amide bonds. The minimum absolute atomic E-state index is 0.159. The van der Waals surface area contributed by atoms with Gasteiger partial charge in [0.05, 0.1) is 13.0 Å². The average Bonchev–Trinajstić information content (AvgIpc) is 2.64. The predicted molar refractivity (Wildman–Crippen MR) is 58.8 cm³/mol. The molecule has 0 atom stereocenters. The first-order valence-electron chi connectivity index (χ1n) is 5.43. The maximum absolute atomic E-state index is 11.0. The fraction of sp³-hybridized carbons (Fsp3) is 0.700. The van der Waals surface area contributed by atoms with Gasteiger partial charge in [-0.15, -0.1) is 10.2 Å². The van der Waals surface area contributed by atoms with Crippen molar-refractivity contribution in [3.8, 4) is 0 Å². The zero-order chi connectivity index (χ0) is 11.8. The molecule has 0 aromatic carbocycles. The van der Waals surface area contributed by atoms with Crippen molar-refractivity contribution in [3.63, 3.8) is 0 Å². The summed E-state index contributed by atoms with van der Waals surface area (Å²) in [5, 5.41) is 10.9. The molecule has 0 fully saturated rings. The summed E-state index contributed by atoms with van der Waals surface area (Å²) < 4.78 is 6.69. The highest BCUT2D eigenvalue weighted by Crippen LogP contribution is 1.91. The van der Waals surface area contributed by atoms with Crippen LogP contribution in [0.4, 0.5) is 0 Å². The van der Waals surface area contributed by atoms with Crippen molar-refractivity contribution in [2.24, 2.45) is 7.05 Å². The van der Waals surface area contributed by atoms with Crippen LogP contribution in [0.25, 0.3) is 0 Å². The molecule has 16 heavy (non-hydrogen) atoms. The Balaban J connectivity index is 2.04. The summed E-state index contributed by atoms with van der Waals surface area (Å²) in [4.78, 5) is 11.0. The molecule has 1 N–H and O–H groups in total. The van der Waals surface area contributed by atoms with Gasteiger partial charge in [0, 0.05) is 26.6 Å². The Morgan fingerprint density at radius 2 is 2.38 bits per heavy atom. The van der Waals surface area contributed by atoms with Gasteiger partial charge < -0.3 is 14.6 Å². The number of hydrogen-bond acceptors (Lipinski definition) is 5. The summed E-state index contributed by atoms with van der Waals surface area (Å²) in [5.41, 5.74) is 0. The van der Waals surface area contributed by atoms with Gasteiger partial charge in [-0.05, 0) is 6.92 Å². The van der Waals surface area contributed by atoms with Crippen molar-refractivity contribution >= 4 is 5.97 Å². The first-order valence-corrected chi connectivity index (χ1v) is 5.43. The Labute approximate surface area is 95.0 Å². The van der Waals surface area contributed by atoms with Crippen molar-refractivity contribution in [3.05, 3.63) is 12.2 Å². The number of carbonyl (C=O) groups excluding carboxylic acids is 1. The lowest BCUT2D eigenvalue weighted by atomic mass is 10.3. The summed E-state index contributed by atoms with van der Waals surface area (Å²) in [6.45, 7) is 3.67. The number of ether oxygens (including phenoxy) is 1. The predicted octanol–water partition coefficient (Wildman–Crippen LogP) is -0.0996. The van der Waals surface area contributed by atoms with E-state index in [1.54, 1.807) is 13.3 Å². The third-order valence-electron chi connectivity index (χ3n) is 2.14. The van der Waals surface area contributed by atoms with Gasteiger partial charge in [-0.25, -0.2) is 0 Å². The van der Waals surface area contributed by atoms with Crippen LogP contribution in [-0.4, -0.2) is 40.4 Å². The molecule has 6 nitrogen and oxygen atoms in total. The lowest BCUT2D eigenvalue weighted by Gasteiger charge is -2.04. The van der Waals surface area contributed by atoms with Crippen LogP contribution in [0.3, 0.4) is 0 Å². The fourth-order valence-corrected chi connectivity index (χ4v) is 1.28. The molecule has 1 aromatic rings. The lowest BCUT2D eigenvalue weighted by molar-refractivity contribution is -0.142. The van der Waals surface area contributed by atoms with Crippen LogP contribution in [0.15, 0.2) is 6.33 Å². The van der Waals surface area contributed by atoms with Crippen molar-refractivity contribution < 1.29 is 9.53 Å². The van der Waals surface area contributed by atoms with Gasteiger partial charge in [-0.1, -0.05) is 0 Å². The van der Waals surface area contributed by atoms with E-state index in [0.717, 1.165) is 18.8 Å². The Morgan fingerprint density at radius 1 is 1.56 bits per heavy atom. The van der Waals surface area contributed by atoms with E-state index in [2.05, 4.69) is 15.5 Å². The molecule has 0 unspecified atom stereocenters. The summed E-state index contributed by atoms with van der Waals surface area (Å²) in [6, 6.07) is 0. The van der Waals surface area contributed by atoms with Crippen molar-refractivity contribution in [1.29, 1.82) is 0 Å². The summed E-state index contributed by atoms with van der Waals surface area (Å²) >= 11 is 0. The maximum atomic E-state index is 11.0. The quantitative estimate of drug-likeness (QED) is 0.519. The molecule has 0 aliphatic carbocycles. The molecule has 0 radical (unpaired) electrons. The minimum Gasteiger partial charge on any atom is -0.466 e. The van der Waals surface area contributed by atoms with Gasteiger partial charge in [-0.3, -0.25) is 4.79 Å². The van der Waals surface area contributed by atoms with E-state index in [1.165, 1.54) is 0 Å². The average molecular weight is 226 g/mol. The molecule has 90 valence electrons. The molecule has 6 heteroatoms. The van der Waals surface area contributed by atoms with Gasteiger partial charge >= 0.3 is 5.97 Å². The first kappa shape index (κ1) is 12.6. The van der Waals surface area contributed by atoms with E-state index in [0.29, 0.717) is 19.6 Å². The van der Waals surface area contributed by atoms with Crippen LogP contribution >= 0.6 is 0 Å². The molecule has 0 spiro atoms. The van der Waals surface area contributed by atoms with Gasteiger partial charge in [0.15, 0.2) is 0 Å². The van der Waals surface area contributed by atoms with Gasteiger partial charge in [0.25, 0.3) is 0 Å². The number of aryl methyl sites for hydroxylation is 1. The summed E-state index contributed by atoms with van der Waals surface area (Å²) in [7, 11) is 1.91. The number of rotatable bonds is 7. The number of carbonyl (C=O) groups is 1. The third kappa shape index (κ3) is 4.39. The Hall–Kier alpha value is -1.43. The second-order valence-electron chi connectivity index (χ2n) is 3.41. The second-order valence-corrected chi connectivity index (χ2v) is 3.41. The van der Waals surface area contributed by atoms with E-state index < -0.39 is 0 Å². The van der Waals surface area contributed by atoms with Crippen molar-refractivity contribution in [2.45, 2.75) is 19.8 Å². The molecule has 0 saturated carbocycles. The molecule has 0 bridgehead atoms. The van der Waals surface area contributed by atoms with Gasteiger partial charge in [0.1, 0.15) is 12.2 Å². The van der Waals surface area contributed by atoms with Gasteiger partial charge in [-0.2, -0.15) is 0 Å². The Bertz CT molecular complexity index is 324. The Morgan fingerprint density at radius 3 is 3.00 bits per heavy atom. The molecule has 0 aliphatic rings. The zero-order valence-electron chi connectivity index (χ0n) is 9.77. The van der Waals surface area contributed by atoms with Crippen LogP contribution in [0.1, 0.15) is 19.2 Å². The highest BCUT2D eigenvalue weighted by molar-refractivity contribution is 5.69. The Kier molecular flexibility index (Phi) is 5.49. The third-order valence-corrected chi connectivity index (χ3v) is 2.14. The van der Waals surface area contributed by atoms with Crippen LogP contribution in [0.2, 0.25) is 0 Å². The van der Waals surface area contributed by atoms with Crippen LogP contribution in [0.5, 0.6) is 0 Å². The molecule has 1 aromatic heterocycles. The van der Waals surface area contributed by atoms with Crippen LogP contribution < -0.4 is 5.32 Å². The number of nitrogens with one attached hydrogen (secondary N) is 1. The lowest BCUT2D eigenvalue weighted by Crippen LogP contribution is -2.22. The standard InChI is InChI=1S/C10H18N4O2/c1-3-16-10(15)5-7-11-6-4-9-13-12-8-14(9)2/h8,11H,3-7H2,1-2H3. The topological polar surface area (TPSA) is 69.0 Å². The fourth-order valence-electron chi connectivity index (χ4n) is 1.28. The SMILES string of the molecule is CCOC(=O)CCNCCc1nncn1C. The zero-order valence-corrected chi connectivity index (χ0v) is 9.77. The van der Waals surface area contributed by atoms with Crippen LogP contribution in [-0.2, 0) is 23.0 Å². The number of nitrogens with zero attached hydrogens (tertiary/aromatic N) is 3. The number of esters is 1. The van der Waals surface area contributed by atoms with E-state index in [-0.39, 0.29) is 5.97 Å². The smallest absolute Gasteiger partial charge is 0.307 e. The first-order chi connectivity index (χ1) is 7.74. The monoisotopic (exact) mass is 226 g/mol. The highest BCUT2D eigenvalue weighted by Gasteiger charge is 2.02. The van der Waals surface area contributed by atoms with Crippen molar-refractivity contribution in [2.75, 3.05) is 19.7 Å². The second kappa shape index (κ2) is 6.95. The van der Waals surface area contributed by atoms with Crippen molar-refractivity contribution in [1.82, 2.24) is 20.1 Å². The molecular weight excluding hydrogens is 208 g/mol. The molecule has 0 aliphatic heterocycles. The molecule has 1 rings (SSSR count). The summed E-state index contributed by atoms with van der Waals surface area (Å²) in [6.07, 6.45) is 2.89. The van der Waals surface area contributed by atoms with E-state index in [9.17, 15) is 4.79 Å². The molecule has 0 saturated heterocycles. The normalized spacial score (nSPS) is 10.4. The largest absolute Gasteiger partial charge is 0.466 e. The highest BCUT2D eigenvalue weighted by atomic mass is 16.5. The minimum atomic E-state index is -0.159. The van der Waals surface area contributed by atoms with E-state index in [1.807, 2.05) is 11.6 Å². The van der Waals surface area contributed by atoms with E-state index >= 15 is 0 Å². The van der Waals surface area contributed by atoms with E-state index in [4.69, 9.17) is 4.74 Å². The molecule has 1 heterocycles. The van der Waals surface area contributed by atoms with Crippen LogP contribution in [0, 0.1) is 0 Å². The summed E-state index contributed by atoms with van der Waals surface area (Å²) in [5.74, 6) is 0.775. The molecular formula is C10H18N4O2. The van der Waals surface area contributed by atoms with Gasteiger partial charge in [0.2, 0.25) is 0 Å². The maximum Gasteiger partial charge on any atom is 0.307 e. The number of aromatic nitrogens is 3. The number of hydrogen-bond donors (Lipinski definition) is 1.